The number of benzene rings is 2. The van der Waals surface area contributed by atoms with Crippen LogP contribution in [0.2, 0.25) is 5.02 Å². The van der Waals surface area contributed by atoms with Crippen LogP contribution in [-0.4, -0.2) is 32.3 Å². The number of alkyl halides is 6. The van der Waals surface area contributed by atoms with Gasteiger partial charge in [-0.15, -0.1) is 5.10 Å². The molecule has 0 spiro atoms. The first-order valence-corrected chi connectivity index (χ1v) is 12.7. The van der Waals surface area contributed by atoms with Gasteiger partial charge in [0.05, 0.1) is 29.3 Å². The fraction of sp³-hybridized carbons (Fsp3) is 0.259. The molecule has 0 aliphatic carbocycles. The van der Waals surface area contributed by atoms with E-state index in [1.807, 2.05) is 0 Å². The fourth-order valence-electron chi connectivity index (χ4n) is 4.92. The van der Waals surface area contributed by atoms with E-state index in [0.717, 1.165) is 10.9 Å². The molecular weight excluding hydrogens is 576 g/mol. The minimum absolute atomic E-state index is 0.0255. The second-order valence-electron chi connectivity index (χ2n) is 9.49. The minimum Gasteiger partial charge on any atom is -0.619 e. The van der Waals surface area contributed by atoms with Crippen molar-refractivity contribution in [2.75, 3.05) is 6.54 Å². The zero-order chi connectivity index (χ0) is 29.5. The first-order valence-electron chi connectivity index (χ1n) is 12.3. The normalized spacial score (nSPS) is 15.9. The van der Waals surface area contributed by atoms with E-state index < -0.39 is 47.5 Å². The molecule has 1 aliphatic rings. The van der Waals surface area contributed by atoms with Crippen LogP contribution in [0, 0.1) is 5.21 Å². The maximum Gasteiger partial charge on any atom is 0.416 e. The number of carbonyl (C=O) groups is 1. The van der Waals surface area contributed by atoms with Crippen molar-refractivity contribution in [3.8, 4) is 11.3 Å². The highest BCUT2D eigenvalue weighted by Crippen LogP contribution is 2.39. The van der Waals surface area contributed by atoms with Crippen molar-refractivity contribution >= 4 is 17.5 Å². The number of rotatable bonds is 5. The summed E-state index contributed by atoms with van der Waals surface area (Å²) in [5.41, 5.74) is -2.76. The van der Waals surface area contributed by atoms with Crippen molar-refractivity contribution in [2.24, 2.45) is 0 Å². The molecule has 1 fully saturated rings. The predicted octanol–water partition coefficient (Wildman–Crippen LogP) is 6.30. The molecule has 41 heavy (non-hydrogen) atoms. The molecule has 1 aliphatic heterocycles. The lowest BCUT2D eigenvalue weighted by molar-refractivity contribution is -0.604. The van der Waals surface area contributed by atoms with Gasteiger partial charge in [0.25, 0.3) is 5.91 Å². The average molecular weight is 596 g/mol. The van der Waals surface area contributed by atoms with Crippen molar-refractivity contribution in [2.45, 2.75) is 37.8 Å². The van der Waals surface area contributed by atoms with Crippen LogP contribution < -0.4 is 4.73 Å². The lowest BCUT2D eigenvalue weighted by atomic mass is 10.0. The van der Waals surface area contributed by atoms with Crippen molar-refractivity contribution in [3.63, 3.8) is 0 Å². The van der Waals surface area contributed by atoms with Crippen molar-refractivity contribution < 1.29 is 35.9 Å². The molecule has 214 valence electrons. The summed E-state index contributed by atoms with van der Waals surface area (Å²) in [5, 5.41) is 20.4. The van der Waals surface area contributed by atoms with Gasteiger partial charge in [-0.2, -0.15) is 31.1 Å². The summed E-state index contributed by atoms with van der Waals surface area (Å²) >= 11 is 6.40. The van der Waals surface area contributed by atoms with E-state index in [9.17, 15) is 36.3 Å². The Labute approximate surface area is 234 Å². The molecule has 0 saturated carbocycles. The predicted molar refractivity (Wildman–Crippen MR) is 134 cm³/mol. The smallest absolute Gasteiger partial charge is 0.416 e. The minimum atomic E-state index is -5.05. The van der Waals surface area contributed by atoms with Gasteiger partial charge < -0.3 is 10.1 Å². The summed E-state index contributed by atoms with van der Waals surface area (Å²) in [6.07, 6.45) is -6.58. The Morgan fingerprint density at radius 2 is 1.71 bits per heavy atom. The number of aromatic nitrogens is 4. The SMILES string of the molecule is O=C(c1c(-c2ccc[n+]([O-])c2)nnn1Cc1cc(C(F)(F)F)cc(C(F)(F)F)c1)N1CCCC1c1ccccc1Cl. The van der Waals surface area contributed by atoms with Crippen molar-refractivity contribution in [1.82, 2.24) is 19.9 Å². The molecule has 14 heteroatoms. The van der Waals surface area contributed by atoms with Gasteiger partial charge in [0.2, 0.25) is 0 Å². The number of carbonyl (C=O) groups excluding carboxylic acids is 1. The fourth-order valence-corrected chi connectivity index (χ4v) is 5.18. The standard InChI is InChI=1S/C27H20ClF6N5O2/c28-21-7-2-1-6-20(21)22-8-4-10-38(22)25(40)24-23(17-5-3-9-37(41)15-17)35-36-39(24)14-16-11-18(26(29,30)31)13-19(12-16)27(32,33)34/h1-3,5-7,9,11-13,15,22H,4,8,10,14H2. The number of halogens is 7. The van der Waals surface area contributed by atoms with Gasteiger partial charge in [-0.25, -0.2) is 4.68 Å². The van der Waals surface area contributed by atoms with E-state index in [0.29, 0.717) is 46.8 Å². The van der Waals surface area contributed by atoms with Gasteiger partial charge in [0, 0.05) is 17.6 Å². The third kappa shape index (κ3) is 5.85. The molecule has 2 aromatic carbocycles. The lowest BCUT2D eigenvalue weighted by Gasteiger charge is -2.26. The number of nitrogens with zero attached hydrogens (tertiary/aromatic N) is 5. The summed E-state index contributed by atoms with van der Waals surface area (Å²) in [7, 11) is 0. The molecule has 2 aromatic heterocycles. The maximum atomic E-state index is 14.1. The Kier molecular flexibility index (Phi) is 7.41. The van der Waals surface area contributed by atoms with E-state index in [2.05, 4.69) is 10.3 Å². The first-order chi connectivity index (χ1) is 19.3. The summed E-state index contributed by atoms with van der Waals surface area (Å²) in [4.78, 5) is 15.6. The highest BCUT2D eigenvalue weighted by Gasteiger charge is 2.38. The topological polar surface area (TPSA) is 78.0 Å². The second kappa shape index (κ2) is 10.7. The Bertz CT molecular complexity index is 1570. The van der Waals surface area contributed by atoms with Crippen molar-refractivity contribution in [1.29, 1.82) is 0 Å². The average Bonchev–Trinajstić information content (AvgIpc) is 3.55. The number of likely N-dealkylation sites (tertiary alicyclic amines) is 1. The summed E-state index contributed by atoms with van der Waals surface area (Å²) in [6, 6.07) is 10.6. The van der Waals surface area contributed by atoms with E-state index in [1.54, 1.807) is 24.3 Å². The van der Waals surface area contributed by atoms with Crippen LogP contribution in [0.4, 0.5) is 26.3 Å². The molecule has 1 saturated heterocycles. The van der Waals surface area contributed by atoms with Crippen LogP contribution in [-0.2, 0) is 18.9 Å². The van der Waals surface area contributed by atoms with Gasteiger partial charge in [-0.1, -0.05) is 35.0 Å². The monoisotopic (exact) mass is 595 g/mol. The lowest BCUT2D eigenvalue weighted by Crippen LogP contribution is -2.33. The highest BCUT2D eigenvalue weighted by molar-refractivity contribution is 6.31. The molecule has 1 atom stereocenters. The van der Waals surface area contributed by atoms with E-state index >= 15 is 0 Å². The van der Waals surface area contributed by atoms with E-state index in [1.165, 1.54) is 23.2 Å². The number of hydrogen-bond acceptors (Lipinski definition) is 4. The molecule has 0 radical (unpaired) electrons. The maximum absolute atomic E-state index is 14.1. The summed E-state index contributed by atoms with van der Waals surface area (Å²) < 4.78 is 82.3. The molecule has 5 rings (SSSR count). The van der Waals surface area contributed by atoms with Crippen LogP contribution in [0.1, 0.15) is 51.6 Å². The van der Waals surface area contributed by atoms with Crippen LogP contribution in [0.3, 0.4) is 0 Å². The quantitative estimate of drug-likeness (QED) is 0.154. The molecule has 3 heterocycles. The Morgan fingerprint density at radius 3 is 2.34 bits per heavy atom. The van der Waals surface area contributed by atoms with Crippen molar-refractivity contribution in [3.05, 3.63) is 105 Å². The summed E-state index contributed by atoms with van der Waals surface area (Å²) in [6.45, 7) is -0.326. The number of amides is 1. The van der Waals surface area contributed by atoms with E-state index in [-0.39, 0.29) is 23.0 Å². The zero-order valence-electron chi connectivity index (χ0n) is 21.0. The molecule has 0 bridgehead atoms. The first kappa shape index (κ1) is 28.4. The Morgan fingerprint density at radius 1 is 1.02 bits per heavy atom. The highest BCUT2D eigenvalue weighted by atomic mass is 35.5. The van der Waals surface area contributed by atoms with E-state index in [4.69, 9.17) is 11.6 Å². The largest absolute Gasteiger partial charge is 0.619 e. The molecule has 0 N–H and O–H groups in total. The molecule has 4 aromatic rings. The zero-order valence-corrected chi connectivity index (χ0v) is 21.7. The van der Waals surface area contributed by atoms with Gasteiger partial charge in [0.15, 0.2) is 18.1 Å². The van der Waals surface area contributed by atoms with Crippen LogP contribution in [0.15, 0.2) is 67.0 Å². The molecule has 1 amide bonds. The van der Waals surface area contributed by atoms with Gasteiger partial charge in [-0.05, 0) is 54.3 Å². The van der Waals surface area contributed by atoms with Gasteiger partial charge in [-0.3, -0.25) is 4.79 Å². The molecule has 1 unspecified atom stereocenters. The molecular formula is C27H20ClF6N5O2. The van der Waals surface area contributed by atoms with Gasteiger partial charge in [0.1, 0.15) is 5.69 Å². The number of hydrogen-bond donors (Lipinski definition) is 0. The Balaban J connectivity index is 1.62. The third-order valence-electron chi connectivity index (χ3n) is 6.74. The van der Waals surface area contributed by atoms with Gasteiger partial charge >= 0.3 is 12.4 Å². The molecule has 7 nitrogen and oxygen atoms in total. The third-order valence-corrected chi connectivity index (χ3v) is 7.09. The van der Waals surface area contributed by atoms with Crippen LogP contribution in [0.25, 0.3) is 11.3 Å². The van der Waals surface area contributed by atoms with Crippen LogP contribution >= 0.6 is 11.6 Å². The number of pyridine rings is 1. The summed E-state index contributed by atoms with van der Waals surface area (Å²) in [5.74, 6) is -0.614. The Hall–Kier alpha value is -4.13. The second-order valence-corrected chi connectivity index (χ2v) is 9.90. The van der Waals surface area contributed by atoms with Crippen LogP contribution in [0.5, 0.6) is 0 Å².